The lowest BCUT2D eigenvalue weighted by molar-refractivity contribution is 0.0453. The highest BCUT2D eigenvalue weighted by Gasteiger charge is 2.00. The lowest BCUT2D eigenvalue weighted by atomic mass is 10.1. The zero-order valence-electron chi connectivity index (χ0n) is 15.5. The Balaban J connectivity index is 0.00000576. The van der Waals surface area contributed by atoms with E-state index in [1.165, 1.54) is 5.56 Å². The Morgan fingerprint density at radius 3 is 2.56 bits per heavy atom. The minimum Gasteiger partial charge on any atom is -0.385 e. The van der Waals surface area contributed by atoms with Gasteiger partial charge in [0.15, 0.2) is 5.96 Å². The van der Waals surface area contributed by atoms with Crippen LogP contribution in [0.1, 0.15) is 24.5 Å². The molecule has 0 unspecified atom stereocenters. The molecule has 1 aromatic carbocycles. The molecule has 0 bridgehead atoms. The summed E-state index contributed by atoms with van der Waals surface area (Å²) >= 11 is 0. The Morgan fingerprint density at radius 2 is 1.84 bits per heavy atom. The molecule has 0 aliphatic heterocycles. The van der Waals surface area contributed by atoms with Gasteiger partial charge in [0.25, 0.3) is 0 Å². The maximum absolute atomic E-state index is 5.61. The highest BCUT2D eigenvalue weighted by molar-refractivity contribution is 14.0. The molecule has 1 aromatic rings. The van der Waals surface area contributed by atoms with E-state index in [1.807, 2.05) is 13.0 Å². The second-order valence-corrected chi connectivity index (χ2v) is 5.27. The van der Waals surface area contributed by atoms with Crippen LogP contribution in [0.2, 0.25) is 0 Å². The Morgan fingerprint density at radius 1 is 1.08 bits per heavy atom. The van der Waals surface area contributed by atoms with Crippen LogP contribution in [0, 0.1) is 0 Å². The fraction of sp³-hybridized carbons (Fsp3) is 0.611. The molecule has 0 heterocycles. The van der Waals surface area contributed by atoms with Crippen molar-refractivity contribution in [1.29, 1.82) is 0 Å². The summed E-state index contributed by atoms with van der Waals surface area (Å²) in [6, 6.07) is 8.36. The largest absolute Gasteiger partial charge is 0.385 e. The molecular weight excluding hydrogens is 433 g/mol. The number of nitrogens with one attached hydrogen (secondary N) is 2. The fourth-order valence-electron chi connectivity index (χ4n) is 2.11. The Bertz CT molecular complexity index is 473. The molecule has 0 aliphatic carbocycles. The zero-order chi connectivity index (χ0) is 17.5. The molecule has 0 radical (unpaired) electrons. The van der Waals surface area contributed by atoms with Crippen molar-refractivity contribution in [3.63, 3.8) is 0 Å². The molecule has 0 fully saturated rings. The van der Waals surface area contributed by atoms with Crippen LogP contribution in [0.25, 0.3) is 0 Å². The van der Waals surface area contributed by atoms with E-state index in [-0.39, 0.29) is 24.0 Å². The molecule has 0 atom stereocenters. The van der Waals surface area contributed by atoms with Crippen LogP contribution >= 0.6 is 24.0 Å². The van der Waals surface area contributed by atoms with Crippen LogP contribution in [0.15, 0.2) is 29.3 Å². The van der Waals surface area contributed by atoms with E-state index in [4.69, 9.17) is 14.2 Å². The summed E-state index contributed by atoms with van der Waals surface area (Å²) in [5.41, 5.74) is 2.36. The molecule has 0 spiro atoms. The van der Waals surface area contributed by atoms with Gasteiger partial charge in [0.05, 0.1) is 19.8 Å². The second kappa shape index (κ2) is 16.6. The van der Waals surface area contributed by atoms with E-state index in [9.17, 15) is 0 Å². The average molecular weight is 465 g/mol. The highest BCUT2D eigenvalue weighted by Crippen LogP contribution is 2.06. The van der Waals surface area contributed by atoms with Gasteiger partial charge in [-0.1, -0.05) is 24.3 Å². The molecule has 0 saturated carbocycles. The van der Waals surface area contributed by atoms with Crippen molar-refractivity contribution in [2.75, 3.05) is 47.1 Å². The lowest BCUT2D eigenvalue weighted by Crippen LogP contribution is -2.37. The molecule has 2 N–H and O–H groups in total. The van der Waals surface area contributed by atoms with Crippen LogP contribution in [0.4, 0.5) is 0 Å². The first kappa shape index (κ1) is 24.1. The summed E-state index contributed by atoms with van der Waals surface area (Å²) in [7, 11) is 3.48. The first-order valence-corrected chi connectivity index (χ1v) is 8.47. The van der Waals surface area contributed by atoms with Gasteiger partial charge in [-0.05, 0) is 24.5 Å². The predicted molar refractivity (Wildman–Crippen MR) is 113 cm³/mol. The summed E-state index contributed by atoms with van der Waals surface area (Å²) in [4.78, 5) is 4.22. The van der Waals surface area contributed by atoms with Crippen molar-refractivity contribution in [3.8, 4) is 0 Å². The molecule has 144 valence electrons. The third-order valence-electron chi connectivity index (χ3n) is 3.34. The summed E-state index contributed by atoms with van der Waals surface area (Å²) < 4.78 is 15.9. The number of hydrogen-bond donors (Lipinski definition) is 2. The maximum atomic E-state index is 5.61. The first-order valence-electron chi connectivity index (χ1n) is 8.47. The number of guanidine groups is 1. The van der Waals surface area contributed by atoms with Gasteiger partial charge in [0.2, 0.25) is 0 Å². The molecule has 0 saturated heterocycles. The Hall–Kier alpha value is -0.900. The van der Waals surface area contributed by atoms with Crippen molar-refractivity contribution < 1.29 is 14.2 Å². The minimum atomic E-state index is 0. The predicted octanol–water partition coefficient (Wildman–Crippen LogP) is 2.56. The quantitative estimate of drug-likeness (QED) is 0.215. The molecule has 0 amide bonds. The SMILES string of the molecule is CCOCCOCc1cccc(CNC(=NC)NCCCOC)c1.I. The van der Waals surface area contributed by atoms with E-state index in [0.29, 0.717) is 19.8 Å². The topological polar surface area (TPSA) is 64.1 Å². The molecule has 25 heavy (non-hydrogen) atoms. The smallest absolute Gasteiger partial charge is 0.191 e. The third-order valence-corrected chi connectivity index (χ3v) is 3.34. The number of hydrogen-bond acceptors (Lipinski definition) is 4. The number of halogens is 1. The maximum Gasteiger partial charge on any atom is 0.191 e. The van der Waals surface area contributed by atoms with Gasteiger partial charge in [-0.15, -0.1) is 24.0 Å². The minimum absolute atomic E-state index is 0. The summed E-state index contributed by atoms with van der Waals surface area (Å²) in [6.45, 7) is 6.87. The van der Waals surface area contributed by atoms with Gasteiger partial charge >= 0.3 is 0 Å². The summed E-state index contributed by atoms with van der Waals surface area (Å²) in [6.07, 6.45) is 0.950. The molecule has 0 aromatic heterocycles. The fourth-order valence-corrected chi connectivity index (χ4v) is 2.11. The molecule has 6 nitrogen and oxygen atoms in total. The van der Waals surface area contributed by atoms with Gasteiger partial charge in [-0.3, -0.25) is 4.99 Å². The van der Waals surface area contributed by atoms with Gasteiger partial charge in [0.1, 0.15) is 0 Å². The van der Waals surface area contributed by atoms with E-state index in [0.717, 1.165) is 44.2 Å². The number of aliphatic imine (C=N–C) groups is 1. The molecule has 0 aliphatic rings. The van der Waals surface area contributed by atoms with Crippen molar-refractivity contribution in [3.05, 3.63) is 35.4 Å². The third kappa shape index (κ3) is 12.1. The first-order chi connectivity index (χ1) is 11.8. The lowest BCUT2D eigenvalue weighted by Gasteiger charge is -2.12. The van der Waals surface area contributed by atoms with Crippen molar-refractivity contribution in [1.82, 2.24) is 10.6 Å². The molecule has 1 rings (SSSR count). The number of ether oxygens (including phenoxy) is 3. The molecular formula is C18H32IN3O3. The number of rotatable bonds is 12. The van der Waals surface area contributed by atoms with Crippen LogP contribution < -0.4 is 10.6 Å². The van der Waals surface area contributed by atoms with E-state index in [2.05, 4.69) is 33.8 Å². The van der Waals surface area contributed by atoms with Gasteiger partial charge in [-0.2, -0.15) is 0 Å². The number of benzene rings is 1. The normalized spacial score (nSPS) is 11.1. The summed E-state index contributed by atoms with van der Waals surface area (Å²) in [5.74, 6) is 0.796. The standard InChI is InChI=1S/C18H31N3O3.HI/c1-4-23-11-12-24-15-17-8-5-7-16(13-17)14-21-18(19-2)20-9-6-10-22-3;/h5,7-8,13H,4,6,9-12,14-15H2,1-3H3,(H2,19,20,21);1H. The van der Waals surface area contributed by atoms with Crippen LogP contribution in [0.5, 0.6) is 0 Å². The highest BCUT2D eigenvalue weighted by atomic mass is 127. The Labute approximate surface area is 168 Å². The van der Waals surface area contributed by atoms with Gasteiger partial charge in [-0.25, -0.2) is 0 Å². The molecule has 7 heteroatoms. The van der Waals surface area contributed by atoms with E-state index < -0.39 is 0 Å². The van der Waals surface area contributed by atoms with Crippen LogP contribution in [-0.2, 0) is 27.4 Å². The average Bonchev–Trinajstić information content (AvgIpc) is 2.61. The monoisotopic (exact) mass is 465 g/mol. The summed E-state index contributed by atoms with van der Waals surface area (Å²) in [5, 5.41) is 6.57. The number of methoxy groups -OCH3 is 1. The zero-order valence-corrected chi connectivity index (χ0v) is 17.9. The van der Waals surface area contributed by atoms with Crippen molar-refractivity contribution in [2.24, 2.45) is 4.99 Å². The van der Waals surface area contributed by atoms with Gasteiger partial charge < -0.3 is 24.8 Å². The van der Waals surface area contributed by atoms with Crippen molar-refractivity contribution in [2.45, 2.75) is 26.5 Å². The van der Waals surface area contributed by atoms with Crippen LogP contribution in [0.3, 0.4) is 0 Å². The van der Waals surface area contributed by atoms with Crippen molar-refractivity contribution >= 4 is 29.9 Å². The Kier molecular flexibility index (Phi) is 16.0. The van der Waals surface area contributed by atoms with E-state index in [1.54, 1.807) is 14.2 Å². The second-order valence-electron chi connectivity index (χ2n) is 5.27. The van der Waals surface area contributed by atoms with Crippen LogP contribution in [-0.4, -0.2) is 53.1 Å². The number of nitrogens with zero attached hydrogens (tertiary/aromatic N) is 1. The van der Waals surface area contributed by atoms with E-state index >= 15 is 0 Å². The van der Waals surface area contributed by atoms with Gasteiger partial charge in [0, 0.05) is 40.5 Å².